The molecule has 2 N–H and O–H groups in total. The summed E-state index contributed by atoms with van der Waals surface area (Å²) in [7, 11) is 1.62. The van der Waals surface area contributed by atoms with Gasteiger partial charge in [0.2, 0.25) is 6.79 Å². The fourth-order valence-electron chi connectivity index (χ4n) is 2.07. The molecule has 1 aliphatic heterocycles. The Kier molecular flexibility index (Phi) is 4.33. The van der Waals surface area contributed by atoms with Crippen LogP contribution in [0.15, 0.2) is 48.7 Å². The molecule has 2 aromatic rings. The van der Waals surface area contributed by atoms with E-state index in [-0.39, 0.29) is 12.8 Å². The van der Waals surface area contributed by atoms with E-state index in [1.54, 1.807) is 37.6 Å². The molecular formula is C17H16N2O4. The van der Waals surface area contributed by atoms with Crippen LogP contribution in [0.5, 0.6) is 17.2 Å². The van der Waals surface area contributed by atoms with Gasteiger partial charge in [0.1, 0.15) is 5.75 Å². The average Bonchev–Trinajstić information content (AvgIpc) is 3.03. The van der Waals surface area contributed by atoms with Gasteiger partial charge in [0.15, 0.2) is 11.5 Å². The minimum atomic E-state index is -0.339. The predicted molar refractivity (Wildman–Crippen MR) is 86.7 cm³/mol. The number of carbonyl (C=O) groups is 1. The van der Waals surface area contributed by atoms with Gasteiger partial charge in [-0.15, -0.1) is 0 Å². The fourth-order valence-corrected chi connectivity index (χ4v) is 2.07. The summed E-state index contributed by atoms with van der Waals surface area (Å²) in [5.74, 6) is 2.09. The largest absolute Gasteiger partial charge is 0.497 e. The van der Waals surface area contributed by atoms with Crippen LogP contribution in [0.2, 0.25) is 0 Å². The second kappa shape index (κ2) is 6.74. The Hall–Kier alpha value is -3.15. The number of fused-ring (bicyclic) bond motifs is 1. The van der Waals surface area contributed by atoms with Crippen molar-refractivity contribution in [2.45, 2.75) is 0 Å². The van der Waals surface area contributed by atoms with E-state index >= 15 is 0 Å². The van der Waals surface area contributed by atoms with Gasteiger partial charge in [-0.05, 0) is 35.9 Å². The van der Waals surface area contributed by atoms with E-state index in [4.69, 9.17) is 14.2 Å². The van der Waals surface area contributed by atoms with E-state index in [1.807, 2.05) is 24.3 Å². The molecule has 0 unspecified atom stereocenters. The molecule has 0 aliphatic carbocycles. The van der Waals surface area contributed by atoms with Crippen molar-refractivity contribution in [2.24, 2.45) is 0 Å². The number of anilines is 1. The third-order valence-electron chi connectivity index (χ3n) is 3.24. The lowest BCUT2D eigenvalue weighted by atomic mass is 10.2. The van der Waals surface area contributed by atoms with Gasteiger partial charge < -0.3 is 24.8 Å². The molecule has 6 nitrogen and oxygen atoms in total. The van der Waals surface area contributed by atoms with Crippen molar-refractivity contribution in [3.63, 3.8) is 0 Å². The van der Waals surface area contributed by atoms with E-state index in [9.17, 15) is 4.79 Å². The minimum absolute atomic E-state index is 0.204. The molecule has 2 amide bonds. The maximum atomic E-state index is 11.8. The third-order valence-corrected chi connectivity index (χ3v) is 3.24. The van der Waals surface area contributed by atoms with Crippen LogP contribution in [0.25, 0.3) is 6.08 Å². The zero-order valence-electron chi connectivity index (χ0n) is 12.5. The summed E-state index contributed by atoms with van der Waals surface area (Å²) in [5, 5.41) is 5.36. The lowest BCUT2D eigenvalue weighted by Gasteiger charge is -2.05. The quantitative estimate of drug-likeness (QED) is 0.909. The molecular weight excluding hydrogens is 296 g/mol. The van der Waals surface area contributed by atoms with Crippen molar-refractivity contribution in [1.29, 1.82) is 0 Å². The summed E-state index contributed by atoms with van der Waals surface area (Å²) in [6.07, 6.45) is 3.36. The van der Waals surface area contributed by atoms with Crippen molar-refractivity contribution in [2.75, 3.05) is 19.2 Å². The highest BCUT2D eigenvalue weighted by molar-refractivity contribution is 5.90. The molecule has 0 atom stereocenters. The first-order valence-electron chi connectivity index (χ1n) is 7.02. The highest BCUT2D eigenvalue weighted by Crippen LogP contribution is 2.34. The van der Waals surface area contributed by atoms with Crippen LogP contribution < -0.4 is 24.8 Å². The standard InChI is InChI=1S/C17H16N2O4/c1-21-14-5-2-12(3-6-14)8-9-18-17(20)19-13-4-7-15-16(10-13)23-11-22-15/h2-10H,11H2,1H3,(H2,18,19,20)/b9-8+. The zero-order valence-corrected chi connectivity index (χ0v) is 12.5. The molecule has 0 bridgehead atoms. The summed E-state index contributed by atoms with van der Waals surface area (Å²) >= 11 is 0. The van der Waals surface area contributed by atoms with E-state index < -0.39 is 0 Å². The number of urea groups is 1. The van der Waals surface area contributed by atoms with Gasteiger partial charge in [0, 0.05) is 18.0 Å². The zero-order chi connectivity index (χ0) is 16.1. The molecule has 23 heavy (non-hydrogen) atoms. The number of benzene rings is 2. The average molecular weight is 312 g/mol. The highest BCUT2D eigenvalue weighted by Gasteiger charge is 2.13. The molecule has 6 heteroatoms. The van der Waals surface area contributed by atoms with Crippen molar-refractivity contribution in [3.05, 3.63) is 54.2 Å². The number of carbonyl (C=O) groups excluding carboxylic acids is 1. The summed E-state index contributed by atoms with van der Waals surface area (Å²) in [6.45, 7) is 0.204. The molecule has 0 saturated carbocycles. The summed E-state index contributed by atoms with van der Waals surface area (Å²) in [6, 6.07) is 12.4. The number of ether oxygens (including phenoxy) is 3. The van der Waals surface area contributed by atoms with Crippen molar-refractivity contribution >= 4 is 17.8 Å². The molecule has 1 heterocycles. The first-order valence-corrected chi connectivity index (χ1v) is 7.02. The van der Waals surface area contributed by atoms with Gasteiger partial charge >= 0.3 is 6.03 Å². The van der Waals surface area contributed by atoms with Crippen molar-refractivity contribution in [3.8, 4) is 17.2 Å². The van der Waals surface area contributed by atoms with Crippen LogP contribution in [0.3, 0.4) is 0 Å². The Morgan fingerprint density at radius 1 is 1.13 bits per heavy atom. The van der Waals surface area contributed by atoms with Gasteiger partial charge in [-0.1, -0.05) is 12.1 Å². The Morgan fingerprint density at radius 2 is 1.91 bits per heavy atom. The molecule has 0 saturated heterocycles. The topological polar surface area (TPSA) is 68.8 Å². The van der Waals surface area contributed by atoms with Crippen LogP contribution >= 0.6 is 0 Å². The van der Waals surface area contributed by atoms with Crippen LogP contribution in [0.1, 0.15) is 5.56 Å². The molecule has 0 radical (unpaired) electrons. The maximum Gasteiger partial charge on any atom is 0.323 e. The van der Waals surface area contributed by atoms with Gasteiger partial charge in [-0.3, -0.25) is 0 Å². The van der Waals surface area contributed by atoms with Crippen LogP contribution in [0.4, 0.5) is 10.5 Å². The number of nitrogens with one attached hydrogen (secondary N) is 2. The lowest BCUT2D eigenvalue weighted by molar-refractivity contribution is 0.174. The minimum Gasteiger partial charge on any atom is -0.497 e. The number of hydrogen-bond acceptors (Lipinski definition) is 4. The first-order chi connectivity index (χ1) is 11.2. The fraction of sp³-hybridized carbons (Fsp3) is 0.118. The van der Waals surface area contributed by atoms with E-state index in [1.165, 1.54) is 0 Å². The van der Waals surface area contributed by atoms with E-state index in [2.05, 4.69) is 10.6 Å². The van der Waals surface area contributed by atoms with Crippen LogP contribution in [0, 0.1) is 0 Å². The molecule has 1 aliphatic rings. The summed E-state index contributed by atoms with van der Waals surface area (Å²) in [5.41, 5.74) is 1.58. The number of amides is 2. The van der Waals surface area contributed by atoms with Crippen LogP contribution in [-0.2, 0) is 0 Å². The van der Waals surface area contributed by atoms with Gasteiger partial charge in [0.05, 0.1) is 7.11 Å². The smallest absolute Gasteiger partial charge is 0.323 e. The molecule has 3 rings (SSSR count). The normalized spacial score (nSPS) is 12.2. The SMILES string of the molecule is COc1ccc(/C=C/NC(=O)Nc2ccc3c(c2)OCO3)cc1. The Balaban J connectivity index is 1.53. The Labute approximate surface area is 133 Å². The van der Waals surface area contributed by atoms with Crippen molar-refractivity contribution < 1.29 is 19.0 Å². The van der Waals surface area contributed by atoms with Crippen LogP contribution in [-0.4, -0.2) is 19.9 Å². The number of rotatable bonds is 4. The van der Waals surface area contributed by atoms with E-state index in [0.29, 0.717) is 17.2 Å². The van der Waals surface area contributed by atoms with E-state index in [0.717, 1.165) is 11.3 Å². The molecule has 118 valence electrons. The van der Waals surface area contributed by atoms with Crippen molar-refractivity contribution in [1.82, 2.24) is 5.32 Å². The molecule has 2 aromatic carbocycles. The summed E-state index contributed by atoms with van der Waals surface area (Å²) in [4.78, 5) is 11.8. The number of methoxy groups -OCH3 is 1. The Morgan fingerprint density at radius 3 is 2.70 bits per heavy atom. The second-order valence-electron chi connectivity index (χ2n) is 4.77. The van der Waals surface area contributed by atoms with Gasteiger partial charge in [-0.25, -0.2) is 4.79 Å². The lowest BCUT2D eigenvalue weighted by Crippen LogP contribution is -2.23. The maximum absolute atomic E-state index is 11.8. The number of hydrogen-bond donors (Lipinski definition) is 2. The highest BCUT2D eigenvalue weighted by atomic mass is 16.7. The monoisotopic (exact) mass is 312 g/mol. The Bertz CT molecular complexity index is 726. The molecule has 0 spiro atoms. The summed E-state index contributed by atoms with van der Waals surface area (Å²) < 4.78 is 15.6. The predicted octanol–water partition coefficient (Wildman–Crippen LogP) is 3.22. The van der Waals surface area contributed by atoms with Gasteiger partial charge in [0.25, 0.3) is 0 Å². The first kappa shape index (κ1) is 14.8. The molecule has 0 aromatic heterocycles. The second-order valence-corrected chi connectivity index (χ2v) is 4.77. The third kappa shape index (κ3) is 3.74. The molecule has 0 fully saturated rings. The van der Waals surface area contributed by atoms with Gasteiger partial charge in [-0.2, -0.15) is 0 Å².